The monoisotopic (exact) mass is 336 g/mol. The van der Waals surface area contributed by atoms with Gasteiger partial charge in [0.05, 0.1) is 6.61 Å². The Kier molecular flexibility index (Phi) is 7.74. The van der Waals surface area contributed by atoms with Gasteiger partial charge in [0.1, 0.15) is 17.8 Å². The molecular formula is C17H24N2O5. The van der Waals surface area contributed by atoms with Crippen molar-refractivity contribution in [3.63, 3.8) is 0 Å². The summed E-state index contributed by atoms with van der Waals surface area (Å²) in [5.74, 6) is 0.815. The van der Waals surface area contributed by atoms with E-state index in [1.807, 2.05) is 30.3 Å². The number of amides is 2. The third-order valence-electron chi connectivity index (χ3n) is 3.95. The van der Waals surface area contributed by atoms with Gasteiger partial charge in [0.2, 0.25) is 11.8 Å². The molecule has 0 aromatic heterocycles. The van der Waals surface area contributed by atoms with Crippen LogP contribution in [-0.4, -0.2) is 65.5 Å². The molecule has 2 rings (SSSR count). The van der Waals surface area contributed by atoms with E-state index < -0.39 is 6.04 Å². The summed E-state index contributed by atoms with van der Waals surface area (Å²) < 4.78 is 5.61. The largest absolute Gasteiger partial charge is 0.494 e. The number of nitrogens with zero attached hydrogens (tertiary/aromatic N) is 2. The van der Waals surface area contributed by atoms with Crippen molar-refractivity contribution in [2.24, 2.45) is 0 Å². The van der Waals surface area contributed by atoms with Gasteiger partial charge in [0, 0.05) is 13.6 Å². The van der Waals surface area contributed by atoms with Crippen molar-refractivity contribution in [3.8, 4) is 5.75 Å². The minimum atomic E-state index is -0.393. The summed E-state index contributed by atoms with van der Waals surface area (Å²) in [7, 11) is 1.68. The highest BCUT2D eigenvalue weighted by molar-refractivity contribution is 5.96. The van der Waals surface area contributed by atoms with Crippen LogP contribution in [0.4, 0.5) is 0 Å². The first-order chi connectivity index (χ1) is 11.4. The average Bonchev–Trinajstić information content (AvgIpc) is 2.59. The number of hydrogen-bond acceptors (Lipinski definition) is 4. The van der Waals surface area contributed by atoms with Crippen LogP contribution in [0.2, 0.25) is 0 Å². The Labute approximate surface area is 141 Å². The Hall–Kier alpha value is -2.57. The Morgan fingerprint density at radius 2 is 1.71 bits per heavy atom. The van der Waals surface area contributed by atoms with Gasteiger partial charge in [0.15, 0.2) is 0 Å². The molecule has 0 aliphatic carbocycles. The van der Waals surface area contributed by atoms with Gasteiger partial charge in [-0.15, -0.1) is 0 Å². The lowest BCUT2D eigenvalue weighted by molar-refractivity contribution is -0.158. The first kappa shape index (κ1) is 19.5. The minimum Gasteiger partial charge on any atom is -0.494 e. The van der Waals surface area contributed by atoms with Crippen LogP contribution in [0.1, 0.15) is 20.3 Å². The zero-order valence-corrected chi connectivity index (χ0v) is 14.2. The van der Waals surface area contributed by atoms with Crippen LogP contribution in [0.3, 0.4) is 0 Å². The topological polar surface area (TPSA) is 87.2 Å². The zero-order chi connectivity index (χ0) is 18.1. The molecule has 1 aliphatic rings. The molecule has 0 unspecified atom stereocenters. The molecule has 0 radical (unpaired) electrons. The highest BCUT2D eigenvalue weighted by Crippen LogP contribution is 2.17. The molecule has 7 nitrogen and oxygen atoms in total. The van der Waals surface area contributed by atoms with Crippen molar-refractivity contribution in [3.05, 3.63) is 30.3 Å². The Morgan fingerprint density at radius 3 is 2.29 bits per heavy atom. The van der Waals surface area contributed by atoms with Gasteiger partial charge < -0.3 is 19.6 Å². The van der Waals surface area contributed by atoms with Gasteiger partial charge in [-0.2, -0.15) is 0 Å². The lowest BCUT2D eigenvalue weighted by Gasteiger charge is -2.41. The van der Waals surface area contributed by atoms with Crippen molar-refractivity contribution in [1.82, 2.24) is 9.80 Å². The molecule has 1 saturated heterocycles. The van der Waals surface area contributed by atoms with Gasteiger partial charge in [0.25, 0.3) is 6.47 Å². The molecule has 1 N–H and O–H groups in total. The number of carbonyl (C=O) groups is 3. The second kappa shape index (κ2) is 9.54. The smallest absolute Gasteiger partial charge is 0.290 e. The Balaban J connectivity index is 0.000000891. The van der Waals surface area contributed by atoms with Crippen LogP contribution in [0.5, 0.6) is 5.75 Å². The number of carboxylic acid groups (broad SMARTS) is 1. The van der Waals surface area contributed by atoms with Crippen molar-refractivity contribution in [2.45, 2.75) is 32.4 Å². The summed E-state index contributed by atoms with van der Waals surface area (Å²) >= 11 is 0. The first-order valence-corrected chi connectivity index (χ1v) is 7.76. The van der Waals surface area contributed by atoms with E-state index in [2.05, 4.69) is 0 Å². The van der Waals surface area contributed by atoms with Crippen molar-refractivity contribution in [2.75, 3.05) is 20.2 Å². The van der Waals surface area contributed by atoms with Gasteiger partial charge in [-0.05, 0) is 32.4 Å². The van der Waals surface area contributed by atoms with Crippen LogP contribution in [0, 0.1) is 0 Å². The van der Waals surface area contributed by atoms with Crippen LogP contribution < -0.4 is 4.74 Å². The predicted octanol–water partition coefficient (Wildman–Crippen LogP) is 1.23. The molecule has 0 bridgehead atoms. The molecule has 2 amide bonds. The fourth-order valence-corrected chi connectivity index (χ4v) is 2.46. The summed E-state index contributed by atoms with van der Waals surface area (Å²) in [6.07, 6.45) is 0.703. The van der Waals surface area contributed by atoms with E-state index >= 15 is 0 Å². The van der Waals surface area contributed by atoms with E-state index in [-0.39, 0.29) is 24.3 Å². The molecule has 1 aromatic rings. The normalized spacial score (nSPS) is 20.3. The maximum absolute atomic E-state index is 12.2. The Morgan fingerprint density at radius 1 is 1.12 bits per heavy atom. The standard InChI is InChI=1S/C16H22N2O3.CH2O2/c1-12-16(20)18(13(2)15(19)17(12)3)10-7-11-21-14-8-5-4-6-9-14;2-1-3/h4-6,8-9,12-13H,7,10-11H2,1-3H3;1H,(H,2,3)/t12-,13-;/m0./s1. The zero-order valence-electron chi connectivity index (χ0n) is 14.2. The molecule has 1 heterocycles. The van der Waals surface area contributed by atoms with Crippen LogP contribution in [0.25, 0.3) is 0 Å². The molecule has 1 aliphatic heterocycles. The molecule has 2 atom stereocenters. The maximum atomic E-state index is 12.2. The van der Waals surface area contributed by atoms with Crippen LogP contribution >= 0.6 is 0 Å². The number of rotatable bonds is 5. The van der Waals surface area contributed by atoms with E-state index in [0.29, 0.717) is 19.6 Å². The molecule has 7 heteroatoms. The molecule has 1 aromatic carbocycles. The minimum absolute atomic E-state index is 0.00399. The number of piperazine rings is 1. The number of para-hydroxylation sites is 1. The number of benzene rings is 1. The molecular weight excluding hydrogens is 312 g/mol. The number of carbonyl (C=O) groups excluding carboxylic acids is 2. The molecule has 1 fully saturated rings. The molecule has 132 valence electrons. The molecule has 0 spiro atoms. The second-order valence-electron chi connectivity index (χ2n) is 5.45. The summed E-state index contributed by atoms with van der Waals surface area (Å²) in [4.78, 5) is 35.8. The fourth-order valence-electron chi connectivity index (χ4n) is 2.46. The summed E-state index contributed by atoms with van der Waals surface area (Å²) in [5, 5.41) is 6.89. The lowest BCUT2D eigenvalue weighted by Crippen LogP contribution is -2.61. The average molecular weight is 336 g/mol. The summed E-state index contributed by atoms with van der Waals surface area (Å²) in [5.41, 5.74) is 0. The van der Waals surface area contributed by atoms with E-state index in [1.165, 1.54) is 4.90 Å². The van der Waals surface area contributed by atoms with Crippen LogP contribution in [0.15, 0.2) is 30.3 Å². The van der Waals surface area contributed by atoms with Crippen molar-refractivity contribution in [1.29, 1.82) is 0 Å². The van der Waals surface area contributed by atoms with Gasteiger partial charge >= 0.3 is 0 Å². The van der Waals surface area contributed by atoms with Crippen molar-refractivity contribution >= 4 is 18.3 Å². The van der Waals surface area contributed by atoms with E-state index in [0.717, 1.165) is 5.75 Å². The number of likely N-dealkylation sites (N-methyl/N-ethyl adjacent to an activating group) is 1. The number of hydrogen-bond donors (Lipinski definition) is 1. The summed E-state index contributed by atoms with van der Waals surface area (Å²) in [6.45, 7) is 4.36. The maximum Gasteiger partial charge on any atom is 0.290 e. The lowest BCUT2D eigenvalue weighted by atomic mass is 10.1. The summed E-state index contributed by atoms with van der Waals surface area (Å²) in [6, 6.07) is 8.79. The molecule has 0 saturated carbocycles. The third-order valence-corrected chi connectivity index (χ3v) is 3.95. The quantitative estimate of drug-likeness (QED) is 0.645. The van der Waals surface area contributed by atoms with Gasteiger partial charge in [-0.25, -0.2) is 0 Å². The van der Waals surface area contributed by atoms with E-state index in [9.17, 15) is 9.59 Å². The van der Waals surface area contributed by atoms with Crippen molar-refractivity contribution < 1.29 is 24.2 Å². The van der Waals surface area contributed by atoms with Gasteiger partial charge in [-0.3, -0.25) is 14.4 Å². The van der Waals surface area contributed by atoms with Gasteiger partial charge in [-0.1, -0.05) is 18.2 Å². The highest BCUT2D eigenvalue weighted by atomic mass is 16.5. The molecule has 24 heavy (non-hydrogen) atoms. The fraction of sp³-hybridized carbons (Fsp3) is 0.471. The number of ether oxygens (including phenoxy) is 1. The third kappa shape index (κ3) is 4.97. The Bertz CT molecular complexity index is 549. The van der Waals surface area contributed by atoms with E-state index in [1.54, 1.807) is 25.8 Å². The SMILES string of the molecule is C[C@H]1C(=O)N(CCCOc2ccccc2)[C@@H](C)C(=O)N1C.O=CO. The van der Waals surface area contributed by atoms with E-state index in [4.69, 9.17) is 14.6 Å². The predicted molar refractivity (Wildman–Crippen MR) is 88.7 cm³/mol. The first-order valence-electron chi connectivity index (χ1n) is 7.76. The second-order valence-corrected chi connectivity index (χ2v) is 5.45. The highest BCUT2D eigenvalue weighted by Gasteiger charge is 2.39. The van der Waals surface area contributed by atoms with Crippen LogP contribution in [-0.2, 0) is 14.4 Å².